The summed E-state index contributed by atoms with van der Waals surface area (Å²) in [6, 6.07) is 0.331. The molecule has 0 saturated heterocycles. The summed E-state index contributed by atoms with van der Waals surface area (Å²) < 4.78 is 5.31. The number of ether oxygens (including phenoxy) is 1. The maximum Gasteiger partial charge on any atom is 0.408 e. The van der Waals surface area contributed by atoms with Crippen LogP contribution < -0.4 is 21.3 Å². The van der Waals surface area contributed by atoms with E-state index in [1.165, 1.54) is 19.3 Å². The van der Waals surface area contributed by atoms with Crippen LogP contribution in [0.1, 0.15) is 80.1 Å². The average molecular weight is 540 g/mol. The van der Waals surface area contributed by atoms with Gasteiger partial charge in [-0.1, -0.05) is 19.3 Å². The first-order valence-electron chi connectivity index (χ1n) is 10.8. The number of halogens is 1. The van der Waals surface area contributed by atoms with Gasteiger partial charge in [0.15, 0.2) is 5.96 Å². The number of alkyl carbamates (subject to hydrolysis) is 1. The van der Waals surface area contributed by atoms with Gasteiger partial charge in [-0.15, -0.1) is 24.0 Å². The summed E-state index contributed by atoms with van der Waals surface area (Å²) in [5.74, 6) is 0.698. The SMILES string of the molecule is CCNC(=NCC(C)(C)NC(=O)OC(C)(C)C)NCCC(=O)NC1CCCCC1.I. The van der Waals surface area contributed by atoms with Crippen LogP contribution in [0.2, 0.25) is 0 Å². The molecule has 1 fully saturated rings. The van der Waals surface area contributed by atoms with Gasteiger partial charge < -0.3 is 26.0 Å². The van der Waals surface area contributed by atoms with Crippen molar-refractivity contribution in [2.75, 3.05) is 19.6 Å². The van der Waals surface area contributed by atoms with Crippen molar-refractivity contribution in [1.82, 2.24) is 21.3 Å². The maximum absolute atomic E-state index is 12.1. The fourth-order valence-electron chi connectivity index (χ4n) is 3.08. The van der Waals surface area contributed by atoms with Crippen LogP contribution in [0.15, 0.2) is 4.99 Å². The fourth-order valence-corrected chi connectivity index (χ4v) is 3.08. The topological polar surface area (TPSA) is 104 Å². The van der Waals surface area contributed by atoms with E-state index in [2.05, 4.69) is 26.3 Å². The lowest BCUT2D eigenvalue weighted by molar-refractivity contribution is -0.121. The number of nitrogens with zero attached hydrogens (tertiary/aromatic N) is 1. The molecule has 0 aromatic heterocycles. The highest BCUT2D eigenvalue weighted by molar-refractivity contribution is 14.0. The summed E-state index contributed by atoms with van der Waals surface area (Å²) in [6.07, 6.45) is 5.79. The van der Waals surface area contributed by atoms with E-state index < -0.39 is 17.2 Å². The standard InChI is InChI=1S/C21H41N5O3.HI/c1-7-22-18(23-14-13-17(27)25-16-11-9-8-10-12-16)24-15-21(5,6)26-19(28)29-20(2,3)4;/h16H,7-15H2,1-6H3,(H,25,27)(H,26,28)(H2,22,23,24);1H. The number of amides is 2. The summed E-state index contributed by atoms with van der Waals surface area (Å²) in [5, 5.41) is 12.3. The molecule has 1 rings (SSSR count). The van der Waals surface area contributed by atoms with Gasteiger partial charge in [-0.25, -0.2) is 4.79 Å². The van der Waals surface area contributed by atoms with Crippen molar-refractivity contribution in [3.05, 3.63) is 0 Å². The highest BCUT2D eigenvalue weighted by Crippen LogP contribution is 2.17. The molecule has 0 spiro atoms. The lowest BCUT2D eigenvalue weighted by atomic mass is 9.95. The molecule has 0 aromatic rings. The first kappa shape index (κ1) is 28.7. The van der Waals surface area contributed by atoms with Gasteiger partial charge in [0.25, 0.3) is 0 Å². The number of rotatable bonds is 8. The van der Waals surface area contributed by atoms with Gasteiger partial charge >= 0.3 is 6.09 Å². The van der Waals surface area contributed by atoms with Gasteiger partial charge in [0.2, 0.25) is 5.91 Å². The largest absolute Gasteiger partial charge is 0.444 e. The van der Waals surface area contributed by atoms with Gasteiger partial charge in [-0.05, 0) is 54.4 Å². The number of aliphatic imine (C=N–C) groups is 1. The molecule has 9 heteroatoms. The molecule has 1 aliphatic rings. The van der Waals surface area contributed by atoms with Crippen molar-refractivity contribution in [3.8, 4) is 0 Å². The minimum absolute atomic E-state index is 0. The molecule has 0 bridgehead atoms. The number of hydrogen-bond donors (Lipinski definition) is 4. The summed E-state index contributed by atoms with van der Waals surface area (Å²) in [4.78, 5) is 28.7. The molecule has 176 valence electrons. The lowest BCUT2D eigenvalue weighted by Crippen LogP contribution is -2.49. The second-order valence-electron chi connectivity index (χ2n) is 9.29. The third-order valence-electron chi connectivity index (χ3n) is 4.43. The third kappa shape index (κ3) is 13.9. The molecule has 0 aliphatic heterocycles. The van der Waals surface area contributed by atoms with Crippen molar-refractivity contribution in [1.29, 1.82) is 0 Å². The fraction of sp³-hybridized carbons (Fsp3) is 0.857. The number of carbonyl (C=O) groups excluding carboxylic acids is 2. The smallest absolute Gasteiger partial charge is 0.408 e. The monoisotopic (exact) mass is 539 g/mol. The number of hydrogen-bond acceptors (Lipinski definition) is 4. The van der Waals surface area contributed by atoms with Crippen molar-refractivity contribution < 1.29 is 14.3 Å². The lowest BCUT2D eigenvalue weighted by Gasteiger charge is -2.27. The minimum atomic E-state index is -0.566. The van der Waals surface area contributed by atoms with E-state index in [1.54, 1.807) is 0 Å². The Morgan fingerprint density at radius 1 is 1.03 bits per heavy atom. The van der Waals surface area contributed by atoms with Gasteiger partial charge in [0, 0.05) is 25.6 Å². The predicted octanol–water partition coefficient (Wildman–Crippen LogP) is 3.30. The highest BCUT2D eigenvalue weighted by Gasteiger charge is 2.24. The molecule has 30 heavy (non-hydrogen) atoms. The molecule has 0 unspecified atom stereocenters. The first-order valence-corrected chi connectivity index (χ1v) is 10.8. The Bertz CT molecular complexity index is 555. The Hall–Kier alpha value is -1.26. The van der Waals surface area contributed by atoms with Crippen LogP contribution in [0.4, 0.5) is 4.79 Å². The van der Waals surface area contributed by atoms with E-state index in [1.807, 2.05) is 41.5 Å². The van der Waals surface area contributed by atoms with Gasteiger partial charge in [-0.3, -0.25) is 9.79 Å². The van der Waals surface area contributed by atoms with Crippen molar-refractivity contribution in [3.63, 3.8) is 0 Å². The maximum atomic E-state index is 12.1. The molecule has 0 atom stereocenters. The molecule has 0 heterocycles. The number of guanidine groups is 1. The highest BCUT2D eigenvalue weighted by atomic mass is 127. The van der Waals surface area contributed by atoms with Crippen LogP contribution in [0.3, 0.4) is 0 Å². The second kappa shape index (κ2) is 13.9. The van der Waals surface area contributed by atoms with E-state index in [4.69, 9.17) is 4.74 Å². The molecule has 1 saturated carbocycles. The van der Waals surface area contributed by atoms with Crippen molar-refractivity contribution >= 4 is 41.9 Å². The Morgan fingerprint density at radius 2 is 1.67 bits per heavy atom. The van der Waals surface area contributed by atoms with Gasteiger partial charge in [0.05, 0.1) is 12.1 Å². The Morgan fingerprint density at radius 3 is 2.23 bits per heavy atom. The quantitative estimate of drug-likeness (QED) is 0.215. The van der Waals surface area contributed by atoms with Gasteiger partial charge in [0.1, 0.15) is 5.60 Å². The van der Waals surface area contributed by atoms with Crippen LogP contribution in [-0.4, -0.2) is 54.8 Å². The first-order chi connectivity index (χ1) is 13.5. The molecule has 2 amide bonds. The van der Waals surface area contributed by atoms with Crippen LogP contribution in [0.5, 0.6) is 0 Å². The molecule has 4 N–H and O–H groups in total. The zero-order valence-electron chi connectivity index (χ0n) is 19.5. The van der Waals surface area contributed by atoms with Crippen molar-refractivity contribution in [2.45, 2.75) is 97.2 Å². The Kier molecular flexibility index (Phi) is 13.3. The van der Waals surface area contributed by atoms with Crippen LogP contribution in [0, 0.1) is 0 Å². The summed E-state index contributed by atoms with van der Waals surface area (Å²) in [5.41, 5.74) is -1.11. The molecule has 0 aromatic carbocycles. The predicted molar refractivity (Wildman–Crippen MR) is 132 cm³/mol. The van der Waals surface area contributed by atoms with E-state index in [9.17, 15) is 9.59 Å². The van der Waals surface area contributed by atoms with E-state index >= 15 is 0 Å². The Labute approximate surface area is 199 Å². The average Bonchev–Trinajstić information content (AvgIpc) is 2.58. The summed E-state index contributed by atoms with van der Waals surface area (Å²) in [6.45, 7) is 12.8. The zero-order chi connectivity index (χ0) is 21.9. The second-order valence-corrected chi connectivity index (χ2v) is 9.29. The zero-order valence-corrected chi connectivity index (χ0v) is 21.9. The van der Waals surface area contributed by atoms with Crippen LogP contribution in [-0.2, 0) is 9.53 Å². The third-order valence-corrected chi connectivity index (χ3v) is 4.43. The van der Waals surface area contributed by atoms with Gasteiger partial charge in [-0.2, -0.15) is 0 Å². The Balaban J connectivity index is 0.00000841. The molecule has 1 aliphatic carbocycles. The summed E-state index contributed by atoms with van der Waals surface area (Å²) >= 11 is 0. The normalized spacial score (nSPS) is 15.6. The van der Waals surface area contributed by atoms with E-state index in [0.29, 0.717) is 38.1 Å². The minimum Gasteiger partial charge on any atom is -0.444 e. The number of nitrogens with one attached hydrogen (secondary N) is 4. The van der Waals surface area contributed by atoms with E-state index in [-0.39, 0.29) is 29.9 Å². The summed E-state index contributed by atoms with van der Waals surface area (Å²) in [7, 11) is 0. The number of carbonyl (C=O) groups is 2. The van der Waals surface area contributed by atoms with Crippen LogP contribution in [0.25, 0.3) is 0 Å². The molecule has 0 radical (unpaired) electrons. The molecular weight excluding hydrogens is 497 g/mol. The van der Waals surface area contributed by atoms with E-state index in [0.717, 1.165) is 12.8 Å². The van der Waals surface area contributed by atoms with Crippen LogP contribution >= 0.6 is 24.0 Å². The van der Waals surface area contributed by atoms with Crippen molar-refractivity contribution in [2.24, 2.45) is 4.99 Å². The molecule has 8 nitrogen and oxygen atoms in total. The molecular formula is C21H42IN5O3.